The molecule has 46 heavy (non-hydrogen) atoms. The molecule has 222 valence electrons. The van der Waals surface area contributed by atoms with Gasteiger partial charge >= 0.3 is 5.97 Å². The van der Waals surface area contributed by atoms with Crippen molar-refractivity contribution in [2.24, 2.45) is 0 Å². The summed E-state index contributed by atoms with van der Waals surface area (Å²) in [4.78, 5) is 28.0. The van der Waals surface area contributed by atoms with Crippen LogP contribution in [0.15, 0.2) is 109 Å². The van der Waals surface area contributed by atoms with E-state index in [1.54, 1.807) is 12.1 Å². The highest BCUT2D eigenvalue weighted by molar-refractivity contribution is 6.00. The number of hydrogen-bond donors (Lipinski definition) is 4. The molecular weight excluding hydrogens is 568 g/mol. The summed E-state index contributed by atoms with van der Waals surface area (Å²) < 4.78 is 0. The molecule has 0 fully saturated rings. The lowest BCUT2D eigenvalue weighted by molar-refractivity contribution is 0.0697. The maximum Gasteiger partial charge on any atom is 0.335 e. The number of nitrogens with one attached hydrogen (secondary N) is 3. The topological polar surface area (TPSA) is 97.6 Å². The fourth-order valence-electron chi connectivity index (χ4n) is 6.28. The third-order valence-electron chi connectivity index (χ3n) is 8.68. The summed E-state index contributed by atoms with van der Waals surface area (Å²) in [5, 5.41) is 9.58. The van der Waals surface area contributed by atoms with Gasteiger partial charge < -0.3 is 20.1 Å². The maximum absolute atomic E-state index is 11.7. The Bertz CT molecular complexity index is 2440. The molecular formula is C40H30N4O2. The largest absolute Gasteiger partial charge is 0.478 e. The van der Waals surface area contributed by atoms with Crippen LogP contribution in [0.3, 0.4) is 0 Å². The first kappa shape index (κ1) is 27.4. The van der Waals surface area contributed by atoms with Gasteiger partial charge in [0.2, 0.25) is 0 Å². The molecule has 1 aliphatic rings. The number of aromatic amines is 3. The van der Waals surface area contributed by atoms with Crippen molar-refractivity contribution in [3.8, 4) is 33.4 Å². The summed E-state index contributed by atoms with van der Waals surface area (Å²) in [6.07, 6.45) is 4.10. The molecule has 8 rings (SSSR count). The fraction of sp³-hybridized carbons (Fsp3) is 0.0500. The van der Waals surface area contributed by atoms with Crippen LogP contribution in [0.1, 0.15) is 32.9 Å². The molecule has 8 bridgehead atoms. The molecule has 4 aromatic heterocycles. The number of benzene rings is 3. The van der Waals surface area contributed by atoms with E-state index in [1.807, 2.05) is 18.2 Å². The number of carboxylic acid groups (broad SMARTS) is 1. The monoisotopic (exact) mass is 598 g/mol. The van der Waals surface area contributed by atoms with Crippen molar-refractivity contribution in [1.82, 2.24) is 19.9 Å². The van der Waals surface area contributed by atoms with Crippen LogP contribution in [0.25, 0.3) is 78.6 Å². The van der Waals surface area contributed by atoms with Crippen LogP contribution in [0.5, 0.6) is 0 Å². The summed E-state index contributed by atoms with van der Waals surface area (Å²) in [5.74, 6) is -0.959. The number of hydrogen-bond acceptors (Lipinski definition) is 2. The SMILES string of the molecule is Cc1ccc(-c2c3nc(c(-c4ccc(C(=O)O)cc4)c4ccc([nH]4)c(-c4ccc(C)cc4)c4ccc([nH]4)c4ccc2[nH]4)C=C3)cc1. The molecule has 3 aromatic carbocycles. The Morgan fingerprint density at radius 2 is 0.826 bits per heavy atom. The van der Waals surface area contributed by atoms with Crippen LogP contribution in [0.2, 0.25) is 0 Å². The second kappa shape index (κ2) is 10.8. The quantitative estimate of drug-likeness (QED) is 0.162. The Hall–Kier alpha value is -6.14. The van der Waals surface area contributed by atoms with Crippen LogP contribution in [0, 0.1) is 13.8 Å². The Balaban J connectivity index is 1.53. The van der Waals surface area contributed by atoms with Crippen LogP contribution >= 0.6 is 0 Å². The van der Waals surface area contributed by atoms with E-state index in [2.05, 4.69) is 120 Å². The number of nitrogens with zero attached hydrogens (tertiary/aromatic N) is 1. The molecule has 0 saturated heterocycles. The normalized spacial score (nSPS) is 11.8. The van der Waals surface area contributed by atoms with Gasteiger partial charge in [0.15, 0.2) is 0 Å². The van der Waals surface area contributed by atoms with Gasteiger partial charge in [0.05, 0.1) is 28.0 Å². The minimum absolute atomic E-state index is 0.236. The highest BCUT2D eigenvalue weighted by Gasteiger charge is 2.17. The van der Waals surface area contributed by atoms with Crippen LogP contribution in [-0.4, -0.2) is 31.0 Å². The highest BCUT2D eigenvalue weighted by Crippen LogP contribution is 2.36. The predicted molar refractivity (Wildman–Crippen MR) is 188 cm³/mol. The van der Waals surface area contributed by atoms with Crippen molar-refractivity contribution in [3.63, 3.8) is 0 Å². The summed E-state index contributed by atoms with van der Waals surface area (Å²) >= 11 is 0. The van der Waals surface area contributed by atoms with E-state index in [-0.39, 0.29) is 5.56 Å². The molecule has 0 aliphatic carbocycles. The van der Waals surface area contributed by atoms with Gasteiger partial charge in [-0.05, 0) is 91.2 Å². The van der Waals surface area contributed by atoms with E-state index in [1.165, 1.54) is 11.1 Å². The fourth-order valence-corrected chi connectivity index (χ4v) is 6.28. The van der Waals surface area contributed by atoms with Crippen molar-refractivity contribution in [1.29, 1.82) is 0 Å². The number of carboxylic acids is 1. The smallest absolute Gasteiger partial charge is 0.335 e. The molecule has 5 heterocycles. The van der Waals surface area contributed by atoms with Gasteiger partial charge in [-0.1, -0.05) is 71.8 Å². The van der Waals surface area contributed by atoms with Gasteiger partial charge in [0.1, 0.15) is 0 Å². The first-order valence-electron chi connectivity index (χ1n) is 15.2. The number of aryl methyl sites for hydroxylation is 2. The summed E-state index contributed by atoms with van der Waals surface area (Å²) in [5.41, 5.74) is 15.9. The van der Waals surface area contributed by atoms with Gasteiger partial charge in [-0.15, -0.1) is 0 Å². The average Bonchev–Trinajstić information content (AvgIpc) is 3.89. The van der Waals surface area contributed by atoms with Crippen molar-refractivity contribution in [2.75, 3.05) is 0 Å². The minimum atomic E-state index is -0.959. The average molecular weight is 599 g/mol. The highest BCUT2D eigenvalue weighted by atomic mass is 16.4. The van der Waals surface area contributed by atoms with Crippen LogP contribution < -0.4 is 0 Å². The second-order valence-corrected chi connectivity index (χ2v) is 11.8. The number of aromatic carboxylic acids is 1. The van der Waals surface area contributed by atoms with E-state index in [4.69, 9.17) is 4.98 Å². The van der Waals surface area contributed by atoms with Crippen molar-refractivity contribution >= 4 is 51.2 Å². The third kappa shape index (κ3) is 4.77. The van der Waals surface area contributed by atoms with E-state index in [0.29, 0.717) is 0 Å². The van der Waals surface area contributed by atoms with Gasteiger partial charge in [0, 0.05) is 38.8 Å². The molecule has 1 aliphatic heterocycles. The van der Waals surface area contributed by atoms with Gasteiger partial charge in [0.25, 0.3) is 0 Å². The number of carbonyl (C=O) groups is 1. The lowest BCUT2D eigenvalue weighted by atomic mass is 10.0. The summed E-state index contributed by atoms with van der Waals surface area (Å²) in [7, 11) is 0. The third-order valence-corrected chi connectivity index (χ3v) is 8.68. The van der Waals surface area contributed by atoms with Crippen molar-refractivity contribution in [2.45, 2.75) is 13.8 Å². The lowest BCUT2D eigenvalue weighted by Gasteiger charge is -2.06. The zero-order chi connectivity index (χ0) is 31.4. The molecule has 6 nitrogen and oxygen atoms in total. The minimum Gasteiger partial charge on any atom is -0.478 e. The summed E-state index contributed by atoms with van der Waals surface area (Å²) in [6, 6.07) is 36.7. The summed E-state index contributed by atoms with van der Waals surface area (Å²) in [6.45, 7) is 4.18. The van der Waals surface area contributed by atoms with Crippen molar-refractivity contribution < 1.29 is 9.90 Å². The predicted octanol–water partition coefficient (Wildman–Crippen LogP) is 10.0. The van der Waals surface area contributed by atoms with Gasteiger partial charge in [-0.3, -0.25) is 0 Å². The van der Waals surface area contributed by atoms with Crippen LogP contribution in [-0.2, 0) is 0 Å². The number of rotatable bonds is 4. The molecule has 0 atom stereocenters. The molecule has 7 aromatic rings. The van der Waals surface area contributed by atoms with Crippen molar-refractivity contribution in [3.05, 3.63) is 137 Å². The van der Waals surface area contributed by atoms with Gasteiger partial charge in [-0.25, -0.2) is 9.78 Å². The molecule has 0 unspecified atom stereocenters. The first-order valence-corrected chi connectivity index (χ1v) is 15.2. The Morgan fingerprint density at radius 3 is 1.26 bits per heavy atom. The Labute approximate surface area is 265 Å². The number of fused-ring (bicyclic) bond motifs is 9. The second-order valence-electron chi connectivity index (χ2n) is 11.8. The molecule has 0 radical (unpaired) electrons. The van der Waals surface area contributed by atoms with E-state index >= 15 is 0 Å². The number of aromatic nitrogens is 4. The molecule has 0 spiro atoms. The standard InChI is InChI=1S/C40H30N4O2/c1-23-3-7-25(8-4-23)37-31-17-15-29(41-31)30-16-18-32(42-30)38(26-9-5-24(2)6-10-26)34-20-22-36(44-34)39(35-21-19-33(37)43-35)27-11-13-28(14-12-27)40(45)46/h3-22,41-43H,1-2H3,(H,45,46). The van der Waals surface area contributed by atoms with E-state index in [9.17, 15) is 9.90 Å². The molecule has 0 saturated carbocycles. The van der Waals surface area contributed by atoms with Gasteiger partial charge in [-0.2, -0.15) is 0 Å². The van der Waals surface area contributed by atoms with E-state index < -0.39 is 5.97 Å². The maximum atomic E-state index is 11.7. The van der Waals surface area contributed by atoms with E-state index in [0.717, 1.165) is 77.9 Å². The Kier molecular flexibility index (Phi) is 6.43. The lowest BCUT2D eigenvalue weighted by Crippen LogP contribution is -1.95. The number of H-pyrrole nitrogens is 3. The first-order chi connectivity index (χ1) is 22.4. The zero-order valence-electron chi connectivity index (χ0n) is 25.3. The Morgan fingerprint density at radius 1 is 0.478 bits per heavy atom. The molecule has 4 N–H and O–H groups in total. The molecule has 0 amide bonds. The molecule has 6 heteroatoms. The van der Waals surface area contributed by atoms with Crippen LogP contribution in [0.4, 0.5) is 0 Å². The zero-order valence-corrected chi connectivity index (χ0v) is 25.3.